The van der Waals surface area contributed by atoms with Crippen molar-refractivity contribution in [1.29, 1.82) is 0 Å². The first kappa shape index (κ1) is 14.1. The number of methoxy groups -OCH3 is 1. The molecule has 2 rings (SSSR count). The van der Waals surface area contributed by atoms with Crippen LogP contribution in [0.5, 0.6) is 5.88 Å². The average molecular weight is 279 g/mol. The third-order valence-electron chi connectivity index (χ3n) is 3.26. The van der Waals surface area contributed by atoms with E-state index in [4.69, 9.17) is 9.84 Å². The number of carboxylic acids is 1. The van der Waals surface area contributed by atoms with E-state index in [9.17, 15) is 9.59 Å². The summed E-state index contributed by atoms with van der Waals surface area (Å²) in [6, 6.07) is 1.75. The second-order valence-corrected chi connectivity index (χ2v) is 4.88. The van der Waals surface area contributed by atoms with Gasteiger partial charge in [0.1, 0.15) is 5.69 Å². The van der Waals surface area contributed by atoms with Gasteiger partial charge < -0.3 is 20.1 Å². The second-order valence-electron chi connectivity index (χ2n) is 4.88. The summed E-state index contributed by atoms with van der Waals surface area (Å²) in [4.78, 5) is 28.7. The van der Waals surface area contributed by atoms with Gasteiger partial charge in [0.25, 0.3) is 0 Å². The van der Waals surface area contributed by atoms with E-state index in [1.54, 1.807) is 12.3 Å². The smallest absolute Gasteiger partial charge is 0.307 e. The van der Waals surface area contributed by atoms with Crippen molar-refractivity contribution in [2.75, 3.05) is 31.4 Å². The number of ether oxygens (including phenoxy) is 1. The first-order valence-corrected chi connectivity index (χ1v) is 6.19. The molecule has 0 saturated heterocycles. The Bertz CT molecular complexity index is 544. The van der Waals surface area contributed by atoms with Crippen molar-refractivity contribution in [2.45, 2.75) is 6.42 Å². The number of rotatable bonds is 5. The molecule has 0 spiro atoms. The summed E-state index contributed by atoms with van der Waals surface area (Å²) in [5, 5.41) is 11.6. The van der Waals surface area contributed by atoms with Crippen LogP contribution in [-0.2, 0) is 9.59 Å². The summed E-state index contributed by atoms with van der Waals surface area (Å²) >= 11 is 0. The minimum atomic E-state index is -0.934. The highest BCUT2D eigenvalue weighted by Crippen LogP contribution is 2.41. The van der Waals surface area contributed by atoms with Crippen LogP contribution in [-0.4, -0.2) is 43.2 Å². The maximum atomic E-state index is 12.1. The number of carbonyl (C=O) groups excluding carboxylic acids is 1. The minimum absolute atomic E-state index is 0.303. The van der Waals surface area contributed by atoms with Crippen LogP contribution in [0.3, 0.4) is 0 Å². The van der Waals surface area contributed by atoms with Gasteiger partial charge in [-0.1, -0.05) is 0 Å². The number of aromatic nitrogens is 1. The number of nitrogens with zero attached hydrogens (tertiary/aromatic N) is 2. The third kappa shape index (κ3) is 2.66. The van der Waals surface area contributed by atoms with Crippen molar-refractivity contribution in [2.24, 2.45) is 11.8 Å². The largest absolute Gasteiger partial charge is 0.481 e. The molecule has 2 atom stereocenters. The van der Waals surface area contributed by atoms with Crippen LogP contribution < -0.4 is 15.0 Å². The zero-order chi connectivity index (χ0) is 14.9. The Labute approximate surface area is 116 Å². The summed E-state index contributed by atoms with van der Waals surface area (Å²) in [6.45, 7) is 0. The lowest BCUT2D eigenvalue weighted by atomic mass is 10.2. The van der Waals surface area contributed by atoms with Crippen LogP contribution in [0, 0.1) is 11.8 Å². The van der Waals surface area contributed by atoms with Gasteiger partial charge in [0, 0.05) is 20.3 Å². The highest BCUT2D eigenvalue weighted by molar-refractivity contribution is 6.01. The number of carbonyl (C=O) groups is 2. The molecule has 1 fully saturated rings. The lowest BCUT2D eigenvalue weighted by molar-refractivity contribution is -0.139. The van der Waals surface area contributed by atoms with E-state index in [1.807, 2.05) is 19.0 Å². The first-order chi connectivity index (χ1) is 9.45. The fraction of sp³-hybridized carbons (Fsp3) is 0.462. The Balaban J connectivity index is 2.20. The molecule has 0 unspecified atom stereocenters. The van der Waals surface area contributed by atoms with Gasteiger partial charge in [-0.15, -0.1) is 0 Å². The van der Waals surface area contributed by atoms with E-state index in [2.05, 4.69) is 10.3 Å². The Morgan fingerprint density at radius 2 is 2.15 bits per heavy atom. The molecule has 20 heavy (non-hydrogen) atoms. The number of carboxylic acid groups (broad SMARTS) is 1. The van der Waals surface area contributed by atoms with Gasteiger partial charge in [0.2, 0.25) is 11.8 Å². The highest BCUT2D eigenvalue weighted by Gasteiger charge is 2.48. The van der Waals surface area contributed by atoms with Gasteiger partial charge in [-0.05, 0) is 12.5 Å². The monoisotopic (exact) mass is 279 g/mol. The molecule has 1 aliphatic carbocycles. The van der Waals surface area contributed by atoms with Gasteiger partial charge in [-0.25, -0.2) is 4.98 Å². The fourth-order valence-corrected chi connectivity index (χ4v) is 2.05. The molecule has 0 radical (unpaired) electrons. The molecule has 2 N–H and O–H groups in total. The van der Waals surface area contributed by atoms with Gasteiger partial charge in [-0.2, -0.15) is 0 Å². The highest BCUT2D eigenvalue weighted by atomic mass is 16.5. The van der Waals surface area contributed by atoms with Crippen LogP contribution >= 0.6 is 0 Å². The fourth-order valence-electron chi connectivity index (χ4n) is 2.05. The summed E-state index contributed by atoms with van der Waals surface area (Å²) < 4.78 is 5.14. The molecule has 1 aliphatic rings. The number of nitrogens with one attached hydrogen (secondary N) is 1. The van der Waals surface area contributed by atoms with E-state index in [-0.39, 0.29) is 5.91 Å². The van der Waals surface area contributed by atoms with E-state index in [0.29, 0.717) is 18.0 Å². The Kier molecular flexibility index (Phi) is 3.78. The molecule has 1 saturated carbocycles. The molecule has 1 aromatic heterocycles. The lowest BCUT2D eigenvalue weighted by Crippen LogP contribution is -2.20. The molecule has 7 heteroatoms. The molecule has 7 nitrogen and oxygen atoms in total. The van der Waals surface area contributed by atoms with Gasteiger partial charge >= 0.3 is 5.97 Å². The summed E-state index contributed by atoms with van der Waals surface area (Å²) in [5.41, 5.74) is 1.21. The Morgan fingerprint density at radius 3 is 2.65 bits per heavy atom. The van der Waals surface area contributed by atoms with Crippen molar-refractivity contribution in [3.05, 3.63) is 12.3 Å². The summed E-state index contributed by atoms with van der Waals surface area (Å²) in [5.74, 6) is -2.01. The summed E-state index contributed by atoms with van der Waals surface area (Å²) in [7, 11) is 5.14. The number of aliphatic carboxylic acids is 1. The molecule has 1 aromatic rings. The van der Waals surface area contributed by atoms with Gasteiger partial charge in [0.15, 0.2) is 0 Å². The number of amides is 1. The Hall–Kier alpha value is -2.31. The van der Waals surface area contributed by atoms with Crippen molar-refractivity contribution >= 4 is 23.3 Å². The van der Waals surface area contributed by atoms with Crippen molar-refractivity contribution in [3.8, 4) is 5.88 Å². The lowest BCUT2D eigenvalue weighted by Gasteiger charge is -2.19. The van der Waals surface area contributed by atoms with E-state index < -0.39 is 17.8 Å². The molecule has 0 aromatic carbocycles. The third-order valence-corrected chi connectivity index (χ3v) is 3.26. The zero-order valence-electron chi connectivity index (χ0n) is 11.6. The first-order valence-electron chi connectivity index (χ1n) is 6.19. The quantitative estimate of drug-likeness (QED) is 0.829. The molecular weight excluding hydrogens is 262 g/mol. The standard InChI is InChI=1S/C13H17N3O4/c1-16(2)9-4-5-14-12(20-3)10(9)15-11(17)7-6-8(7)13(18)19/h4-5,7-8H,6H2,1-3H3,(H,15,17)(H,18,19)/t7-,8+/m1/s1. The molecule has 1 amide bonds. The molecule has 108 valence electrons. The topological polar surface area (TPSA) is 91.8 Å². The van der Waals surface area contributed by atoms with Crippen LogP contribution in [0.25, 0.3) is 0 Å². The second kappa shape index (κ2) is 5.36. The predicted molar refractivity (Wildman–Crippen MR) is 73.0 cm³/mol. The van der Waals surface area contributed by atoms with Crippen molar-refractivity contribution < 1.29 is 19.4 Å². The zero-order valence-corrected chi connectivity index (χ0v) is 11.6. The molecule has 0 bridgehead atoms. The van der Waals surface area contributed by atoms with E-state index in [0.717, 1.165) is 5.69 Å². The molecular formula is C13H17N3O4. The van der Waals surface area contributed by atoms with E-state index in [1.165, 1.54) is 7.11 Å². The van der Waals surface area contributed by atoms with E-state index >= 15 is 0 Å². The summed E-state index contributed by atoms with van der Waals surface area (Å²) in [6.07, 6.45) is 1.96. The maximum Gasteiger partial charge on any atom is 0.307 e. The number of anilines is 2. The average Bonchev–Trinajstić information content (AvgIpc) is 3.19. The van der Waals surface area contributed by atoms with Crippen LogP contribution in [0.4, 0.5) is 11.4 Å². The number of pyridine rings is 1. The van der Waals surface area contributed by atoms with Gasteiger partial charge in [0.05, 0.1) is 24.6 Å². The van der Waals surface area contributed by atoms with Crippen LogP contribution in [0.1, 0.15) is 6.42 Å². The molecule has 0 aliphatic heterocycles. The maximum absolute atomic E-state index is 12.1. The van der Waals surface area contributed by atoms with Crippen molar-refractivity contribution in [1.82, 2.24) is 4.98 Å². The normalized spacial score (nSPS) is 20.1. The minimum Gasteiger partial charge on any atom is -0.481 e. The van der Waals surface area contributed by atoms with Gasteiger partial charge in [-0.3, -0.25) is 9.59 Å². The number of hydrogen-bond acceptors (Lipinski definition) is 5. The number of hydrogen-bond donors (Lipinski definition) is 2. The van der Waals surface area contributed by atoms with Crippen LogP contribution in [0.2, 0.25) is 0 Å². The predicted octanol–water partition coefficient (Wildman–Crippen LogP) is 0.815. The van der Waals surface area contributed by atoms with Crippen LogP contribution in [0.15, 0.2) is 12.3 Å². The van der Waals surface area contributed by atoms with Crippen molar-refractivity contribution in [3.63, 3.8) is 0 Å². The SMILES string of the molecule is COc1nccc(N(C)C)c1NC(=O)[C@@H]1C[C@@H]1C(=O)O. The Morgan fingerprint density at radius 1 is 1.45 bits per heavy atom. The molecule has 1 heterocycles.